The molecule has 1 unspecified atom stereocenters. The van der Waals surface area contributed by atoms with Gasteiger partial charge >= 0.3 is 0 Å². The maximum atomic E-state index is 6.93. The molecule has 0 radical (unpaired) electrons. The molecule has 35 rings (SSSR count). The molecule has 1 N–H and O–H groups in total. The van der Waals surface area contributed by atoms with Crippen molar-refractivity contribution < 1.29 is 23.7 Å². The zero-order chi connectivity index (χ0) is 49.5. The first-order valence-electron chi connectivity index (χ1n) is 30.5. The second kappa shape index (κ2) is 8.50. The Kier molecular flexibility index (Phi) is 3.50. The van der Waals surface area contributed by atoms with Crippen molar-refractivity contribution in [2.75, 3.05) is 59.4 Å². The van der Waals surface area contributed by atoms with Crippen molar-refractivity contribution in [3.63, 3.8) is 0 Å². The molecule has 82 heavy (non-hydrogen) atoms. The molecule has 0 saturated carbocycles. The van der Waals surface area contributed by atoms with E-state index in [1.165, 1.54) is 5.56 Å². The largest absolute Gasteiger partial charge is 0.487 e. The molecular formula is C76H23NO5. The Morgan fingerprint density at radius 2 is 0.488 bits per heavy atom. The van der Waals surface area contributed by atoms with Crippen LogP contribution in [0.2, 0.25) is 0 Å². The Morgan fingerprint density at radius 1 is 0.256 bits per heavy atom. The van der Waals surface area contributed by atoms with Gasteiger partial charge in [0.25, 0.3) is 0 Å². The van der Waals surface area contributed by atoms with Gasteiger partial charge in [-0.3, -0.25) is 0 Å². The van der Waals surface area contributed by atoms with Crippen LogP contribution in [0.1, 0.15) is 33.9 Å². The molecule has 6 heteroatoms. The smallest absolute Gasteiger partial charge is 0.161 e. The summed E-state index contributed by atoms with van der Waals surface area (Å²) in [7, 11) is 0. The number of fused-ring (bicyclic) bond motifs is 1. The maximum absolute atomic E-state index is 6.93. The topological polar surface area (TPSA) is 58.2 Å². The van der Waals surface area contributed by atoms with E-state index in [2.05, 4.69) is 18.2 Å². The van der Waals surface area contributed by atoms with Gasteiger partial charge in [-0.1, -0.05) is 6.07 Å². The highest BCUT2D eigenvalue weighted by atomic mass is 16.6. The normalized spacial score (nSPS) is 23.9. The molecule has 4 aliphatic carbocycles. The predicted molar refractivity (Wildman–Crippen MR) is 335 cm³/mol. The SMILES string of the molecule is c1cc2c(cc1C1NCC34c5c6c7c8c9c%10c(c%11c%12c3c3c5c5c%13c6c6c7c7c9c9c%14c%10c%10c%11c%11c%12c%12c3c3c5c5c%13c%13c6c6c7c9c7c9c%14c%10c%10c%11c%11c%12c3c3c5c5c%13c6c7c6c9c%10c%11c3c56)C814)OCCOCCOCCOCCO2. The third-order valence-corrected chi connectivity index (χ3v) is 27.6. The highest BCUT2D eigenvalue weighted by molar-refractivity contribution is 6.82. The Bertz CT molecular complexity index is 7560. The minimum Gasteiger partial charge on any atom is -0.487 e. The molecule has 362 valence electrons. The summed E-state index contributed by atoms with van der Waals surface area (Å²) in [6, 6.07) is 7.01. The predicted octanol–water partition coefficient (Wildman–Crippen LogP) is 17.5. The van der Waals surface area contributed by atoms with Crippen LogP contribution in [0.15, 0.2) is 18.2 Å². The number of rotatable bonds is 1. The lowest BCUT2D eigenvalue weighted by molar-refractivity contribution is 0.00708. The summed E-state index contributed by atoms with van der Waals surface area (Å²) in [5.41, 5.74) is 7.21. The van der Waals surface area contributed by atoms with Crippen molar-refractivity contribution in [1.82, 2.24) is 5.32 Å². The van der Waals surface area contributed by atoms with Gasteiger partial charge in [0.15, 0.2) is 11.5 Å². The summed E-state index contributed by atoms with van der Waals surface area (Å²) in [5.74, 6) is 1.56. The molecule has 2 heterocycles. The number of hydrogen-bond donors (Lipinski definition) is 1. The van der Waals surface area contributed by atoms with Crippen LogP contribution >= 0.6 is 0 Å². The Balaban J connectivity index is 0.925. The summed E-state index contributed by atoms with van der Waals surface area (Å²) < 4.78 is 31.5. The van der Waals surface area contributed by atoms with Crippen molar-refractivity contribution in [1.29, 1.82) is 0 Å². The van der Waals surface area contributed by atoms with Crippen molar-refractivity contribution >= 4 is 291 Å². The van der Waals surface area contributed by atoms with Gasteiger partial charge in [-0.05, 0) is 331 Å². The van der Waals surface area contributed by atoms with E-state index in [1.54, 1.807) is 313 Å². The summed E-state index contributed by atoms with van der Waals surface area (Å²) >= 11 is 0. The van der Waals surface area contributed by atoms with Crippen LogP contribution in [0.25, 0.3) is 291 Å². The van der Waals surface area contributed by atoms with Crippen LogP contribution < -0.4 is 14.8 Å². The van der Waals surface area contributed by atoms with Crippen LogP contribution in [0.4, 0.5) is 0 Å². The lowest BCUT2D eigenvalue weighted by atomic mass is 9.47. The van der Waals surface area contributed by atoms with E-state index in [0.29, 0.717) is 52.9 Å². The van der Waals surface area contributed by atoms with E-state index in [9.17, 15) is 0 Å². The van der Waals surface area contributed by atoms with Gasteiger partial charge in [-0.15, -0.1) is 0 Å². The minimum absolute atomic E-state index is 0.0644. The van der Waals surface area contributed by atoms with E-state index in [0.717, 1.165) is 18.0 Å². The van der Waals surface area contributed by atoms with Crippen LogP contribution in [-0.2, 0) is 25.0 Å². The average molecular weight is 1030 g/mol. The number of hydrogen-bond acceptors (Lipinski definition) is 6. The van der Waals surface area contributed by atoms with Crippen molar-refractivity contribution in [2.45, 2.75) is 16.9 Å². The monoisotopic (exact) mass is 1030 g/mol. The fraction of sp³-hybridized carbons (Fsp3) is 0.158. The zero-order valence-corrected chi connectivity index (χ0v) is 42.7. The zero-order valence-electron chi connectivity index (χ0n) is 42.7. The quantitative estimate of drug-likeness (QED) is 0.165. The molecular weight excluding hydrogens is 1010 g/mol. The summed E-state index contributed by atoms with van der Waals surface area (Å²) in [5, 5.41) is 92.8. The van der Waals surface area contributed by atoms with E-state index in [1.807, 2.05) is 0 Å². The van der Waals surface area contributed by atoms with Gasteiger partial charge in [0, 0.05) is 12.6 Å². The van der Waals surface area contributed by atoms with E-state index < -0.39 is 5.41 Å². The minimum atomic E-state index is -0.468. The van der Waals surface area contributed by atoms with Gasteiger partial charge in [0.1, 0.15) is 13.2 Å². The summed E-state index contributed by atoms with van der Waals surface area (Å²) in [6.07, 6.45) is 0. The fourth-order valence-electron chi connectivity index (χ4n) is 27.0. The maximum Gasteiger partial charge on any atom is 0.161 e. The van der Waals surface area contributed by atoms with Crippen molar-refractivity contribution in [2.24, 2.45) is 0 Å². The first-order chi connectivity index (χ1) is 40.9. The second-order valence-corrected chi connectivity index (χ2v) is 28.5. The Morgan fingerprint density at radius 3 is 0.768 bits per heavy atom. The number of ether oxygens (including phenoxy) is 5. The van der Waals surface area contributed by atoms with E-state index in [4.69, 9.17) is 29.0 Å². The highest BCUT2D eigenvalue weighted by Gasteiger charge is 2.74. The van der Waals surface area contributed by atoms with Gasteiger partial charge in [0.2, 0.25) is 0 Å². The third kappa shape index (κ3) is 2.09. The highest BCUT2D eigenvalue weighted by Crippen LogP contribution is 2.86. The Hall–Kier alpha value is -8.88. The van der Waals surface area contributed by atoms with Crippen LogP contribution in [0.5, 0.6) is 11.5 Å². The lowest BCUT2D eigenvalue weighted by Crippen LogP contribution is -2.51. The molecule has 1 saturated heterocycles. The average Bonchev–Trinajstić information content (AvgIpc) is 1.39. The molecule has 2 aliphatic heterocycles. The van der Waals surface area contributed by atoms with Crippen molar-refractivity contribution in [3.8, 4) is 11.5 Å². The molecule has 0 bridgehead atoms. The molecule has 6 nitrogen and oxygen atoms in total. The van der Waals surface area contributed by atoms with Crippen LogP contribution in [0, 0.1) is 0 Å². The number of benzene rings is 19. The molecule has 29 aromatic rings. The molecule has 0 amide bonds. The third-order valence-electron chi connectivity index (χ3n) is 27.6. The summed E-state index contributed by atoms with van der Waals surface area (Å²) in [4.78, 5) is 0. The van der Waals surface area contributed by atoms with Gasteiger partial charge < -0.3 is 29.0 Å². The lowest BCUT2D eigenvalue weighted by Gasteiger charge is -2.52. The standard InChI is InChI=1S/C76H23NO5/c1-2-14-15(82-10-8-80-6-4-78-3-5-79-7-9-81-14)11-13(1)74-76-72-66-60-50-38-30-22-18-16-17-20-24(22)32(38)42-36-28(20)29-21(17)25-23-19(16)27-26(18)34-40(30)48-54-44(34)45-35(27)41-31(23)39-33(25)43-37(29)47-46(36)58(52(42)60)68(72)69-59(47)53(43)61-51(39)57-49(41)55(45)63-62(54)70(64(66)56(48)50)75(76,12-77-74)71(63)65(57)67(61)73(69)76/h1-2,11,74,77H,3-10,12H2. The molecule has 6 aliphatic rings. The van der Waals surface area contributed by atoms with Crippen LogP contribution in [-0.4, -0.2) is 59.4 Å². The molecule has 2 spiro atoms. The first kappa shape index (κ1) is 33.8. The number of nitrogens with one attached hydrogen (secondary N) is 1. The molecule has 0 aromatic heterocycles. The van der Waals surface area contributed by atoms with Gasteiger partial charge in [-0.25, -0.2) is 0 Å². The van der Waals surface area contributed by atoms with E-state index >= 15 is 0 Å². The second-order valence-electron chi connectivity index (χ2n) is 28.5. The van der Waals surface area contributed by atoms with Gasteiger partial charge in [0.05, 0.1) is 50.5 Å². The molecule has 1 fully saturated rings. The van der Waals surface area contributed by atoms with E-state index in [-0.39, 0.29) is 11.5 Å². The Labute approximate surface area is 451 Å². The fourth-order valence-corrected chi connectivity index (χ4v) is 27.0. The molecule has 29 aromatic carbocycles. The van der Waals surface area contributed by atoms with Gasteiger partial charge in [-0.2, -0.15) is 0 Å². The molecule has 1 atom stereocenters. The van der Waals surface area contributed by atoms with Crippen LogP contribution in [0.3, 0.4) is 0 Å². The first-order valence-corrected chi connectivity index (χ1v) is 30.5. The van der Waals surface area contributed by atoms with Crippen molar-refractivity contribution in [3.05, 3.63) is 46.0 Å². The summed E-state index contributed by atoms with van der Waals surface area (Å²) in [6.45, 7) is 4.85.